The van der Waals surface area contributed by atoms with Crippen molar-refractivity contribution in [1.82, 2.24) is 4.31 Å². The quantitative estimate of drug-likeness (QED) is 0.783. The minimum Gasteiger partial charge on any atom is -0.398 e. The molecule has 0 spiro atoms. The Morgan fingerprint density at radius 3 is 2.47 bits per heavy atom. The van der Waals surface area contributed by atoms with Gasteiger partial charge in [-0.25, -0.2) is 12.7 Å². The van der Waals surface area contributed by atoms with E-state index in [0.717, 1.165) is 5.56 Å². The Hall–Kier alpha value is -1.07. The van der Waals surface area contributed by atoms with Crippen LogP contribution in [0.2, 0.25) is 0 Å². The van der Waals surface area contributed by atoms with Crippen LogP contribution in [0, 0.1) is 0 Å². The van der Waals surface area contributed by atoms with E-state index in [0.29, 0.717) is 12.2 Å². The molecule has 2 N–H and O–H groups in total. The summed E-state index contributed by atoms with van der Waals surface area (Å²) in [5.41, 5.74) is 7.18. The van der Waals surface area contributed by atoms with E-state index in [4.69, 9.17) is 5.73 Å². The maximum absolute atomic E-state index is 11.5. The highest BCUT2D eigenvalue weighted by molar-refractivity contribution is 7.89. The molecule has 0 aliphatic heterocycles. The minimum atomic E-state index is -3.14. The summed E-state index contributed by atoms with van der Waals surface area (Å²) < 4.78 is 24.3. The molecule has 0 aromatic heterocycles. The number of benzene rings is 1. The Labute approximate surface area is 90.8 Å². The van der Waals surface area contributed by atoms with Crippen molar-refractivity contribution >= 4 is 15.7 Å². The Balaban J connectivity index is 2.84. The van der Waals surface area contributed by atoms with Gasteiger partial charge < -0.3 is 5.73 Å². The summed E-state index contributed by atoms with van der Waals surface area (Å²) in [4.78, 5) is 0. The van der Waals surface area contributed by atoms with Gasteiger partial charge in [-0.15, -0.1) is 0 Å². The number of rotatable bonds is 4. The van der Waals surface area contributed by atoms with E-state index in [1.807, 2.05) is 18.2 Å². The molecule has 0 radical (unpaired) electrons. The summed E-state index contributed by atoms with van der Waals surface area (Å²) in [7, 11) is -1.57. The number of anilines is 1. The molecular formula is C10H16N2O2S. The van der Waals surface area contributed by atoms with Crippen molar-refractivity contribution in [3.05, 3.63) is 29.8 Å². The van der Waals surface area contributed by atoms with Crippen molar-refractivity contribution in [2.24, 2.45) is 0 Å². The smallest absolute Gasteiger partial charge is 0.213 e. The average Bonchev–Trinajstić information content (AvgIpc) is 2.21. The first-order chi connectivity index (χ1) is 6.97. The lowest BCUT2D eigenvalue weighted by atomic mass is 10.2. The predicted octanol–water partition coefficient (Wildman–Crippen LogP) is 1.05. The molecule has 0 heterocycles. The third kappa shape index (κ3) is 2.94. The van der Waals surface area contributed by atoms with Gasteiger partial charge in [-0.05, 0) is 18.6 Å². The van der Waals surface area contributed by atoms with Crippen molar-refractivity contribution in [2.45, 2.75) is 13.5 Å². The van der Waals surface area contributed by atoms with Gasteiger partial charge in [0, 0.05) is 19.3 Å². The van der Waals surface area contributed by atoms with E-state index in [1.165, 1.54) is 4.31 Å². The van der Waals surface area contributed by atoms with Gasteiger partial charge in [0.05, 0.1) is 5.75 Å². The highest BCUT2D eigenvalue weighted by Crippen LogP contribution is 2.14. The molecule has 0 saturated carbocycles. The van der Waals surface area contributed by atoms with Crippen LogP contribution >= 0.6 is 0 Å². The normalized spacial score (nSPS) is 11.9. The summed E-state index contributed by atoms with van der Waals surface area (Å²) in [5, 5.41) is 0. The molecule has 1 rings (SSSR count). The molecule has 5 heteroatoms. The van der Waals surface area contributed by atoms with E-state index >= 15 is 0 Å². The van der Waals surface area contributed by atoms with Crippen LogP contribution in [0.5, 0.6) is 0 Å². The first-order valence-electron chi connectivity index (χ1n) is 4.74. The Kier molecular flexibility index (Phi) is 3.71. The van der Waals surface area contributed by atoms with E-state index in [1.54, 1.807) is 20.0 Å². The number of hydrogen-bond acceptors (Lipinski definition) is 3. The van der Waals surface area contributed by atoms with Crippen LogP contribution in [-0.4, -0.2) is 25.5 Å². The topological polar surface area (TPSA) is 63.4 Å². The molecule has 0 fully saturated rings. The SMILES string of the molecule is CCS(=O)(=O)N(C)Cc1ccccc1N. The van der Waals surface area contributed by atoms with E-state index in [2.05, 4.69) is 0 Å². The molecule has 0 atom stereocenters. The second kappa shape index (κ2) is 4.63. The standard InChI is InChI=1S/C10H16N2O2S/c1-3-15(13,14)12(2)8-9-6-4-5-7-10(9)11/h4-7H,3,8,11H2,1-2H3. The molecule has 1 aromatic carbocycles. The van der Waals surface area contributed by atoms with Crippen LogP contribution in [0.1, 0.15) is 12.5 Å². The molecule has 0 unspecified atom stereocenters. The summed E-state index contributed by atoms with van der Waals surface area (Å²) in [6.45, 7) is 1.95. The summed E-state index contributed by atoms with van der Waals surface area (Å²) >= 11 is 0. The number of nitrogen functional groups attached to an aromatic ring is 1. The monoisotopic (exact) mass is 228 g/mol. The summed E-state index contributed by atoms with van der Waals surface area (Å²) in [6.07, 6.45) is 0. The van der Waals surface area contributed by atoms with E-state index in [9.17, 15) is 8.42 Å². The first kappa shape index (κ1) is 12.0. The molecule has 0 amide bonds. The predicted molar refractivity (Wildman–Crippen MR) is 61.8 cm³/mol. The number of hydrogen-bond donors (Lipinski definition) is 1. The van der Waals surface area contributed by atoms with Crippen molar-refractivity contribution in [1.29, 1.82) is 0 Å². The summed E-state index contributed by atoms with van der Waals surface area (Å²) in [6, 6.07) is 7.27. The molecule has 15 heavy (non-hydrogen) atoms. The zero-order valence-corrected chi connectivity index (χ0v) is 9.79. The van der Waals surface area contributed by atoms with Crippen molar-refractivity contribution in [2.75, 3.05) is 18.5 Å². The van der Waals surface area contributed by atoms with Crippen LogP contribution in [0.4, 0.5) is 5.69 Å². The van der Waals surface area contributed by atoms with Gasteiger partial charge in [0.15, 0.2) is 0 Å². The van der Waals surface area contributed by atoms with Gasteiger partial charge in [0.2, 0.25) is 10.0 Å². The fraction of sp³-hybridized carbons (Fsp3) is 0.400. The number of nitrogens with zero attached hydrogens (tertiary/aromatic N) is 1. The Morgan fingerprint density at radius 1 is 1.33 bits per heavy atom. The lowest BCUT2D eigenvalue weighted by Crippen LogP contribution is -2.28. The van der Waals surface area contributed by atoms with Crippen molar-refractivity contribution < 1.29 is 8.42 Å². The zero-order chi connectivity index (χ0) is 11.5. The van der Waals surface area contributed by atoms with Crippen molar-refractivity contribution in [3.63, 3.8) is 0 Å². The van der Waals surface area contributed by atoms with Gasteiger partial charge >= 0.3 is 0 Å². The lowest BCUT2D eigenvalue weighted by molar-refractivity contribution is 0.468. The van der Waals surface area contributed by atoms with Gasteiger partial charge in [-0.3, -0.25) is 0 Å². The van der Waals surface area contributed by atoms with E-state index < -0.39 is 10.0 Å². The largest absolute Gasteiger partial charge is 0.398 e. The second-order valence-corrected chi connectivity index (χ2v) is 5.72. The van der Waals surface area contributed by atoms with E-state index in [-0.39, 0.29) is 5.75 Å². The fourth-order valence-electron chi connectivity index (χ4n) is 1.24. The van der Waals surface area contributed by atoms with Gasteiger partial charge in [-0.1, -0.05) is 18.2 Å². The van der Waals surface area contributed by atoms with Crippen LogP contribution < -0.4 is 5.73 Å². The lowest BCUT2D eigenvalue weighted by Gasteiger charge is -2.16. The molecule has 1 aromatic rings. The van der Waals surface area contributed by atoms with Crippen LogP contribution in [-0.2, 0) is 16.6 Å². The molecule has 0 aliphatic rings. The summed E-state index contributed by atoms with van der Waals surface area (Å²) in [5.74, 6) is 0.107. The fourth-order valence-corrected chi connectivity index (χ4v) is 2.01. The average molecular weight is 228 g/mol. The first-order valence-corrected chi connectivity index (χ1v) is 6.35. The number of nitrogens with two attached hydrogens (primary N) is 1. The van der Waals surface area contributed by atoms with Gasteiger partial charge in [-0.2, -0.15) is 0 Å². The minimum absolute atomic E-state index is 0.107. The molecule has 4 nitrogen and oxygen atoms in total. The molecule has 84 valence electrons. The second-order valence-electron chi connectivity index (χ2n) is 3.36. The highest BCUT2D eigenvalue weighted by atomic mass is 32.2. The third-order valence-electron chi connectivity index (χ3n) is 2.29. The molecule has 0 aliphatic carbocycles. The van der Waals surface area contributed by atoms with Crippen LogP contribution in [0.25, 0.3) is 0 Å². The van der Waals surface area contributed by atoms with Gasteiger partial charge in [0.1, 0.15) is 0 Å². The molecule has 0 bridgehead atoms. The highest BCUT2D eigenvalue weighted by Gasteiger charge is 2.15. The Bertz CT molecular complexity index is 429. The Morgan fingerprint density at radius 2 is 1.93 bits per heavy atom. The number of sulfonamides is 1. The zero-order valence-electron chi connectivity index (χ0n) is 8.97. The van der Waals surface area contributed by atoms with Crippen molar-refractivity contribution in [3.8, 4) is 0 Å². The van der Waals surface area contributed by atoms with Gasteiger partial charge in [0.25, 0.3) is 0 Å². The molecular weight excluding hydrogens is 212 g/mol. The molecule has 0 saturated heterocycles. The van der Waals surface area contributed by atoms with Crippen LogP contribution in [0.15, 0.2) is 24.3 Å². The van der Waals surface area contributed by atoms with Crippen LogP contribution in [0.3, 0.4) is 0 Å². The third-order valence-corrected chi connectivity index (χ3v) is 4.10. The number of para-hydroxylation sites is 1. The maximum atomic E-state index is 11.5. The maximum Gasteiger partial charge on any atom is 0.213 e.